The number of anilines is 1. The lowest BCUT2D eigenvalue weighted by Crippen LogP contribution is -2.48. The van der Waals surface area contributed by atoms with E-state index in [1.54, 1.807) is 11.0 Å². The number of hydrogen-bond acceptors (Lipinski definition) is 5. The summed E-state index contributed by atoms with van der Waals surface area (Å²) in [4.78, 5) is 26.8. The number of nitro groups is 1. The second-order valence-electron chi connectivity index (χ2n) is 6.17. The van der Waals surface area contributed by atoms with Gasteiger partial charge in [-0.25, -0.2) is 0 Å². The first-order chi connectivity index (χ1) is 11.1. The first-order valence-electron chi connectivity index (χ1n) is 8.02. The van der Waals surface area contributed by atoms with Gasteiger partial charge < -0.3 is 10.0 Å². The maximum Gasteiger partial charge on any atom is 0.271 e. The van der Waals surface area contributed by atoms with Gasteiger partial charge in [-0.05, 0) is 31.4 Å². The van der Waals surface area contributed by atoms with Crippen LogP contribution in [0.25, 0.3) is 0 Å². The summed E-state index contributed by atoms with van der Waals surface area (Å²) in [6, 6.07) is 4.75. The molecule has 0 aromatic heterocycles. The zero-order chi connectivity index (χ0) is 16.4. The van der Waals surface area contributed by atoms with Crippen LogP contribution in [0.1, 0.15) is 24.8 Å². The van der Waals surface area contributed by atoms with E-state index in [9.17, 15) is 20.0 Å². The molecular weight excluding hydrogens is 298 g/mol. The third-order valence-electron chi connectivity index (χ3n) is 4.77. The lowest BCUT2D eigenvalue weighted by atomic mass is 10.0. The summed E-state index contributed by atoms with van der Waals surface area (Å²) in [7, 11) is 0. The molecule has 1 atom stereocenters. The Hall–Kier alpha value is -1.99. The Labute approximate surface area is 134 Å². The molecule has 1 aromatic rings. The number of benzene rings is 1. The van der Waals surface area contributed by atoms with Crippen LogP contribution in [-0.2, 0) is 11.2 Å². The number of non-ortho nitro benzene ring substituents is 1. The van der Waals surface area contributed by atoms with Gasteiger partial charge in [0.15, 0.2) is 0 Å². The van der Waals surface area contributed by atoms with Crippen molar-refractivity contribution in [2.24, 2.45) is 0 Å². The first kappa shape index (κ1) is 15.9. The summed E-state index contributed by atoms with van der Waals surface area (Å²) >= 11 is 0. The fourth-order valence-electron chi connectivity index (χ4n) is 3.47. The van der Waals surface area contributed by atoms with Gasteiger partial charge in [-0.3, -0.25) is 19.8 Å². The molecule has 124 valence electrons. The van der Waals surface area contributed by atoms with Crippen LogP contribution in [0, 0.1) is 10.1 Å². The fourth-order valence-corrected chi connectivity index (χ4v) is 3.47. The number of nitrogens with zero attached hydrogens (tertiary/aromatic N) is 3. The van der Waals surface area contributed by atoms with E-state index in [0.29, 0.717) is 12.2 Å². The van der Waals surface area contributed by atoms with E-state index in [1.165, 1.54) is 12.1 Å². The Morgan fingerprint density at radius 2 is 2.17 bits per heavy atom. The SMILES string of the molecule is O=C(CN1CCCCC1CO)N1CCc2ccc([N+](=O)[O-])cc21. The molecule has 1 fully saturated rings. The topological polar surface area (TPSA) is 86.9 Å². The Kier molecular flexibility index (Phi) is 4.58. The van der Waals surface area contributed by atoms with Crippen molar-refractivity contribution < 1.29 is 14.8 Å². The molecule has 0 bridgehead atoms. The number of aliphatic hydroxyl groups excluding tert-OH is 1. The smallest absolute Gasteiger partial charge is 0.271 e. The molecule has 2 aliphatic heterocycles. The van der Waals surface area contributed by atoms with Crippen molar-refractivity contribution >= 4 is 17.3 Å². The van der Waals surface area contributed by atoms with E-state index in [1.807, 2.05) is 4.90 Å². The van der Waals surface area contributed by atoms with Gasteiger partial charge in [0.05, 0.1) is 23.8 Å². The molecule has 7 nitrogen and oxygen atoms in total. The summed E-state index contributed by atoms with van der Waals surface area (Å²) in [5.74, 6) is -0.0513. The standard InChI is InChI=1S/C16H21N3O4/c20-11-14-3-1-2-7-17(14)10-16(21)18-8-6-12-4-5-13(19(22)23)9-15(12)18/h4-5,9,14,20H,1-3,6-8,10-11H2. The van der Waals surface area contributed by atoms with Gasteiger partial charge in [0, 0.05) is 24.7 Å². The van der Waals surface area contributed by atoms with Crippen molar-refractivity contribution in [1.29, 1.82) is 0 Å². The van der Waals surface area contributed by atoms with Gasteiger partial charge in [0.1, 0.15) is 0 Å². The molecule has 1 unspecified atom stereocenters. The number of amides is 1. The molecule has 1 aromatic carbocycles. The molecule has 0 aliphatic carbocycles. The molecule has 2 heterocycles. The number of carbonyl (C=O) groups is 1. The molecule has 1 saturated heterocycles. The Bertz CT molecular complexity index is 619. The van der Waals surface area contributed by atoms with Gasteiger partial charge in [0.2, 0.25) is 5.91 Å². The third-order valence-corrected chi connectivity index (χ3v) is 4.77. The molecule has 1 amide bonds. The highest BCUT2D eigenvalue weighted by Crippen LogP contribution is 2.32. The van der Waals surface area contributed by atoms with Crippen molar-refractivity contribution in [1.82, 2.24) is 4.90 Å². The van der Waals surface area contributed by atoms with Crippen LogP contribution in [0.15, 0.2) is 18.2 Å². The Morgan fingerprint density at radius 3 is 2.91 bits per heavy atom. The second-order valence-corrected chi connectivity index (χ2v) is 6.17. The maximum atomic E-state index is 12.7. The number of aliphatic hydroxyl groups is 1. The van der Waals surface area contributed by atoms with E-state index in [2.05, 4.69) is 0 Å². The van der Waals surface area contributed by atoms with E-state index >= 15 is 0 Å². The van der Waals surface area contributed by atoms with Crippen molar-refractivity contribution in [2.45, 2.75) is 31.7 Å². The minimum Gasteiger partial charge on any atom is -0.395 e. The van der Waals surface area contributed by atoms with Gasteiger partial charge in [-0.1, -0.05) is 12.5 Å². The normalized spacial score (nSPS) is 21.3. The average Bonchev–Trinajstić information content (AvgIpc) is 2.98. The number of fused-ring (bicyclic) bond motifs is 1. The highest BCUT2D eigenvalue weighted by Gasteiger charge is 2.30. The molecule has 0 radical (unpaired) electrons. The molecule has 3 rings (SSSR count). The summed E-state index contributed by atoms with van der Waals surface area (Å²) < 4.78 is 0. The van der Waals surface area contributed by atoms with Gasteiger partial charge in [-0.2, -0.15) is 0 Å². The summed E-state index contributed by atoms with van der Waals surface area (Å²) in [6.07, 6.45) is 3.74. The summed E-state index contributed by atoms with van der Waals surface area (Å²) in [5, 5.41) is 20.4. The van der Waals surface area contributed by atoms with Crippen LogP contribution >= 0.6 is 0 Å². The molecule has 7 heteroatoms. The largest absolute Gasteiger partial charge is 0.395 e. The zero-order valence-corrected chi connectivity index (χ0v) is 13.0. The van der Waals surface area contributed by atoms with Crippen LogP contribution in [0.4, 0.5) is 11.4 Å². The van der Waals surface area contributed by atoms with E-state index in [0.717, 1.165) is 37.8 Å². The van der Waals surface area contributed by atoms with Crippen LogP contribution in [0.3, 0.4) is 0 Å². The third kappa shape index (κ3) is 3.20. The maximum absolute atomic E-state index is 12.7. The van der Waals surface area contributed by atoms with Crippen molar-refractivity contribution in [2.75, 3.05) is 31.1 Å². The molecule has 1 N–H and O–H groups in total. The van der Waals surface area contributed by atoms with Gasteiger partial charge >= 0.3 is 0 Å². The lowest BCUT2D eigenvalue weighted by molar-refractivity contribution is -0.384. The highest BCUT2D eigenvalue weighted by atomic mass is 16.6. The number of likely N-dealkylation sites (tertiary alicyclic amines) is 1. The van der Waals surface area contributed by atoms with E-state index < -0.39 is 4.92 Å². The Morgan fingerprint density at radius 1 is 1.35 bits per heavy atom. The van der Waals surface area contributed by atoms with Gasteiger partial charge in [-0.15, -0.1) is 0 Å². The minimum atomic E-state index is -0.437. The van der Waals surface area contributed by atoms with Crippen LogP contribution in [-0.4, -0.2) is 53.1 Å². The second kappa shape index (κ2) is 6.64. The van der Waals surface area contributed by atoms with Crippen LogP contribution in [0.5, 0.6) is 0 Å². The minimum absolute atomic E-state index is 0.00894. The summed E-state index contributed by atoms with van der Waals surface area (Å²) in [5.41, 5.74) is 1.64. The van der Waals surface area contributed by atoms with Crippen molar-refractivity contribution in [3.8, 4) is 0 Å². The number of carbonyl (C=O) groups excluding carboxylic acids is 1. The molecule has 0 spiro atoms. The zero-order valence-electron chi connectivity index (χ0n) is 13.0. The molecular formula is C16H21N3O4. The quantitative estimate of drug-likeness (QED) is 0.668. The number of hydrogen-bond donors (Lipinski definition) is 1. The number of piperidine rings is 1. The predicted molar refractivity (Wildman–Crippen MR) is 85.5 cm³/mol. The number of nitro benzene ring substituents is 1. The predicted octanol–water partition coefficient (Wildman–Crippen LogP) is 1.33. The van der Waals surface area contributed by atoms with Crippen LogP contribution in [0.2, 0.25) is 0 Å². The van der Waals surface area contributed by atoms with Gasteiger partial charge in [0.25, 0.3) is 5.69 Å². The Balaban J connectivity index is 1.75. The summed E-state index contributed by atoms with van der Waals surface area (Å²) in [6.45, 7) is 1.70. The first-order valence-corrected chi connectivity index (χ1v) is 8.02. The fraction of sp³-hybridized carbons (Fsp3) is 0.562. The van der Waals surface area contributed by atoms with Crippen LogP contribution < -0.4 is 4.90 Å². The van der Waals surface area contributed by atoms with Crippen molar-refractivity contribution in [3.05, 3.63) is 33.9 Å². The van der Waals surface area contributed by atoms with E-state index in [4.69, 9.17) is 0 Å². The molecule has 0 saturated carbocycles. The van der Waals surface area contributed by atoms with Crippen molar-refractivity contribution in [3.63, 3.8) is 0 Å². The molecule has 23 heavy (non-hydrogen) atoms. The molecule has 2 aliphatic rings. The van der Waals surface area contributed by atoms with E-state index in [-0.39, 0.29) is 30.8 Å². The number of rotatable bonds is 4. The highest BCUT2D eigenvalue weighted by molar-refractivity contribution is 5.97. The lowest BCUT2D eigenvalue weighted by Gasteiger charge is -2.35. The average molecular weight is 319 g/mol. The monoisotopic (exact) mass is 319 g/mol.